The van der Waals surface area contributed by atoms with Crippen molar-refractivity contribution >= 4 is 32.3 Å². The van der Waals surface area contributed by atoms with Crippen molar-refractivity contribution < 1.29 is 0 Å². The predicted octanol–water partition coefficient (Wildman–Crippen LogP) is 5.54. The number of hydrogen-bond donors (Lipinski definition) is 0. The van der Waals surface area contributed by atoms with Crippen molar-refractivity contribution in [1.82, 2.24) is 0 Å². The normalized spacial score (nSPS) is 11.8. The lowest BCUT2D eigenvalue weighted by Gasteiger charge is -2.12. The Hall–Kier alpha value is -2.08. The lowest BCUT2D eigenvalue weighted by atomic mass is 9.92. The molecular weight excluding hydrogens is 228 g/mol. The molecule has 92 valence electrons. The van der Waals surface area contributed by atoms with Gasteiger partial charge < -0.3 is 0 Å². The fraction of sp³-hybridized carbons (Fsp3) is 0.158. The molecule has 0 aromatic heterocycles. The second-order valence-electron chi connectivity index (χ2n) is 5.38. The second-order valence-corrected chi connectivity index (χ2v) is 5.38. The molecule has 4 aromatic rings. The predicted molar refractivity (Wildman–Crippen MR) is 84.1 cm³/mol. The summed E-state index contributed by atoms with van der Waals surface area (Å²) in [7, 11) is 0. The Balaban J connectivity index is 2.22. The lowest BCUT2D eigenvalue weighted by Crippen LogP contribution is -1.87. The maximum absolute atomic E-state index is 2.36. The number of aryl methyl sites for hydroxylation is 1. The van der Waals surface area contributed by atoms with Crippen LogP contribution in [0, 0.1) is 0 Å². The van der Waals surface area contributed by atoms with Crippen molar-refractivity contribution in [2.24, 2.45) is 0 Å². The van der Waals surface area contributed by atoms with Crippen molar-refractivity contribution in [2.75, 3.05) is 0 Å². The van der Waals surface area contributed by atoms with Gasteiger partial charge in [-0.1, -0.05) is 67.9 Å². The summed E-state index contributed by atoms with van der Waals surface area (Å²) >= 11 is 0. The molecule has 0 spiro atoms. The van der Waals surface area contributed by atoms with Crippen LogP contribution in [0.2, 0.25) is 0 Å². The van der Waals surface area contributed by atoms with Crippen LogP contribution in [0.15, 0.2) is 54.6 Å². The third-order valence-electron chi connectivity index (χ3n) is 4.06. The van der Waals surface area contributed by atoms with E-state index in [1.54, 1.807) is 0 Å². The Morgan fingerprint density at radius 1 is 0.684 bits per heavy atom. The average molecular weight is 244 g/mol. The number of benzene rings is 4. The molecule has 19 heavy (non-hydrogen) atoms. The second kappa shape index (κ2) is 3.96. The summed E-state index contributed by atoms with van der Waals surface area (Å²) in [6, 6.07) is 20.3. The minimum absolute atomic E-state index is 1.16. The topological polar surface area (TPSA) is 0 Å². The van der Waals surface area contributed by atoms with Crippen LogP contribution in [0.4, 0.5) is 0 Å². The summed E-state index contributed by atoms with van der Waals surface area (Å²) < 4.78 is 0. The van der Waals surface area contributed by atoms with Gasteiger partial charge in [-0.2, -0.15) is 0 Å². The third-order valence-corrected chi connectivity index (χ3v) is 4.06. The van der Waals surface area contributed by atoms with E-state index >= 15 is 0 Å². The summed E-state index contributed by atoms with van der Waals surface area (Å²) in [6.45, 7) is 2.24. The van der Waals surface area contributed by atoms with Gasteiger partial charge in [0.05, 0.1) is 0 Å². The van der Waals surface area contributed by atoms with Gasteiger partial charge in [0.1, 0.15) is 0 Å². The number of hydrogen-bond acceptors (Lipinski definition) is 0. The van der Waals surface area contributed by atoms with Gasteiger partial charge >= 0.3 is 0 Å². The van der Waals surface area contributed by atoms with Crippen molar-refractivity contribution in [3.05, 3.63) is 60.2 Å². The van der Waals surface area contributed by atoms with Crippen LogP contribution >= 0.6 is 0 Å². The smallest absolute Gasteiger partial charge is 0.00266 e. The van der Waals surface area contributed by atoms with Crippen LogP contribution < -0.4 is 0 Å². The minimum Gasteiger partial charge on any atom is -0.0651 e. The summed E-state index contributed by atoms with van der Waals surface area (Å²) in [6.07, 6.45) is 2.37. The standard InChI is InChI=1S/C19H16/c1-2-4-13-11-16-9-7-14-5-3-6-15-8-10-17(12-13)19(16)18(14)15/h3,5-12H,2,4H2,1H3. The highest BCUT2D eigenvalue weighted by Gasteiger charge is 2.08. The highest BCUT2D eigenvalue weighted by atomic mass is 14.1. The van der Waals surface area contributed by atoms with Crippen LogP contribution in [-0.4, -0.2) is 0 Å². The van der Waals surface area contributed by atoms with Crippen molar-refractivity contribution in [3.8, 4) is 0 Å². The average Bonchev–Trinajstić information content (AvgIpc) is 2.45. The molecule has 0 amide bonds. The molecule has 0 aliphatic carbocycles. The van der Waals surface area contributed by atoms with Crippen molar-refractivity contribution in [1.29, 1.82) is 0 Å². The largest absolute Gasteiger partial charge is 0.0651 e. The van der Waals surface area contributed by atoms with E-state index in [9.17, 15) is 0 Å². The molecule has 0 saturated heterocycles. The fourth-order valence-electron chi connectivity index (χ4n) is 3.25. The van der Waals surface area contributed by atoms with Gasteiger partial charge in [0.15, 0.2) is 0 Å². The van der Waals surface area contributed by atoms with Crippen LogP contribution in [-0.2, 0) is 6.42 Å². The molecule has 0 heteroatoms. The first-order valence-corrected chi connectivity index (χ1v) is 7.03. The molecule has 0 saturated carbocycles. The molecule has 0 aliphatic heterocycles. The van der Waals surface area contributed by atoms with E-state index in [1.165, 1.54) is 44.3 Å². The molecule has 4 aromatic carbocycles. The van der Waals surface area contributed by atoms with E-state index in [2.05, 4.69) is 61.5 Å². The summed E-state index contributed by atoms with van der Waals surface area (Å²) in [5.41, 5.74) is 1.45. The third kappa shape index (κ3) is 1.53. The summed E-state index contributed by atoms with van der Waals surface area (Å²) in [5.74, 6) is 0. The minimum atomic E-state index is 1.16. The molecule has 0 atom stereocenters. The Kier molecular flexibility index (Phi) is 2.25. The Morgan fingerprint density at radius 2 is 1.21 bits per heavy atom. The molecule has 0 aliphatic rings. The van der Waals surface area contributed by atoms with E-state index in [0.717, 1.165) is 6.42 Å². The maximum atomic E-state index is 2.36. The summed E-state index contributed by atoms with van der Waals surface area (Å²) in [5, 5.41) is 8.30. The highest BCUT2D eigenvalue weighted by molar-refractivity contribution is 6.23. The van der Waals surface area contributed by atoms with Crippen molar-refractivity contribution in [3.63, 3.8) is 0 Å². The van der Waals surface area contributed by atoms with E-state index in [1.807, 2.05) is 0 Å². The lowest BCUT2D eigenvalue weighted by molar-refractivity contribution is 0.925. The SMILES string of the molecule is CCCc1cc2ccc3cccc4ccc(c1)c2c34. The van der Waals surface area contributed by atoms with Gasteiger partial charge in [-0.25, -0.2) is 0 Å². The molecule has 0 N–H and O–H groups in total. The van der Waals surface area contributed by atoms with Gasteiger partial charge in [-0.3, -0.25) is 0 Å². The summed E-state index contributed by atoms with van der Waals surface area (Å²) in [4.78, 5) is 0. The molecule has 0 bridgehead atoms. The zero-order valence-corrected chi connectivity index (χ0v) is 11.1. The molecule has 4 rings (SSSR count). The zero-order valence-electron chi connectivity index (χ0n) is 11.1. The van der Waals surface area contributed by atoms with Gasteiger partial charge in [0, 0.05) is 0 Å². The molecule has 0 nitrogen and oxygen atoms in total. The Bertz CT molecular complexity index is 807. The van der Waals surface area contributed by atoms with Gasteiger partial charge in [-0.15, -0.1) is 0 Å². The first-order chi connectivity index (χ1) is 9.36. The van der Waals surface area contributed by atoms with Crippen molar-refractivity contribution in [2.45, 2.75) is 19.8 Å². The van der Waals surface area contributed by atoms with Crippen LogP contribution in [0.1, 0.15) is 18.9 Å². The Morgan fingerprint density at radius 3 is 1.79 bits per heavy atom. The van der Waals surface area contributed by atoms with E-state index in [4.69, 9.17) is 0 Å². The fourth-order valence-corrected chi connectivity index (χ4v) is 3.25. The quantitative estimate of drug-likeness (QED) is 0.406. The molecule has 0 unspecified atom stereocenters. The number of rotatable bonds is 2. The molecular formula is C19H16. The van der Waals surface area contributed by atoms with Crippen LogP contribution in [0.5, 0.6) is 0 Å². The van der Waals surface area contributed by atoms with Gasteiger partial charge in [-0.05, 0) is 44.3 Å². The highest BCUT2D eigenvalue weighted by Crippen LogP contribution is 2.35. The first kappa shape index (κ1) is 10.8. The van der Waals surface area contributed by atoms with Gasteiger partial charge in [0.2, 0.25) is 0 Å². The van der Waals surface area contributed by atoms with Crippen LogP contribution in [0.3, 0.4) is 0 Å². The Labute approximate surface area is 113 Å². The monoisotopic (exact) mass is 244 g/mol. The van der Waals surface area contributed by atoms with E-state index in [-0.39, 0.29) is 0 Å². The molecule has 0 heterocycles. The van der Waals surface area contributed by atoms with Gasteiger partial charge in [0.25, 0.3) is 0 Å². The maximum Gasteiger partial charge on any atom is -0.00266 e. The molecule has 0 radical (unpaired) electrons. The van der Waals surface area contributed by atoms with Crippen LogP contribution in [0.25, 0.3) is 32.3 Å². The zero-order chi connectivity index (χ0) is 12.8. The molecule has 0 fully saturated rings. The first-order valence-electron chi connectivity index (χ1n) is 7.03. The van der Waals surface area contributed by atoms with E-state index < -0.39 is 0 Å². The van der Waals surface area contributed by atoms with E-state index in [0.29, 0.717) is 0 Å².